The summed E-state index contributed by atoms with van der Waals surface area (Å²) in [5.41, 5.74) is 0. The number of imidazole rings is 1. The van der Waals surface area contributed by atoms with Crippen molar-refractivity contribution in [1.82, 2.24) is 9.55 Å². The number of hydrogen-bond acceptors (Lipinski definition) is 3. The Morgan fingerprint density at radius 3 is 3.05 bits per heavy atom. The van der Waals surface area contributed by atoms with Gasteiger partial charge in [-0.25, -0.2) is 4.98 Å². The second-order valence-corrected chi connectivity index (χ2v) is 6.26. The summed E-state index contributed by atoms with van der Waals surface area (Å²) in [6.07, 6.45) is 3.95. The Bertz CT molecular complexity index is 530. The molecule has 0 bridgehead atoms. The smallest absolute Gasteiger partial charge is 0.111 e. The van der Waals surface area contributed by atoms with Crippen LogP contribution in [0.5, 0.6) is 0 Å². The van der Waals surface area contributed by atoms with Crippen LogP contribution >= 0.6 is 27.7 Å². The van der Waals surface area contributed by atoms with Gasteiger partial charge in [0.25, 0.3) is 0 Å². The van der Waals surface area contributed by atoms with Crippen LogP contribution in [-0.4, -0.2) is 26.5 Å². The number of nitrogens with zero attached hydrogens (tertiary/aromatic N) is 2. The molecular formula is C14H17BrN2OS. The Labute approximate surface area is 126 Å². The second-order valence-electron chi connectivity index (χ2n) is 4.26. The molecule has 1 N–H and O–H groups in total. The maximum atomic E-state index is 10.1. The molecule has 0 radical (unpaired) electrons. The monoisotopic (exact) mass is 340 g/mol. The fourth-order valence-electron chi connectivity index (χ4n) is 1.84. The largest absolute Gasteiger partial charge is 0.392 e. The fraction of sp³-hybridized carbons (Fsp3) is 0.357. The van der Waals surface area contributed by atoms with E-state index in [4.69, 9.17) is 0 Å². The topological polar surface area (TPSA) is 38.0 Å². The minimum atomic E-state index is -0.378. The van der Waals surface area contributed by atoms with Crippen LogP contribution in [0.4, 0.5) is 0 Å². The van der Waals surface area contributed by atoms with Crippen molar-refractivity contribution >= 4 is 27.7 Å². The first-order chi connectivity index (χ1) is 9.19. The molecule has 0 spiro atoms. The van der Waals surface area contributed by atoms with Crippen molar-refractivity contribution in [3.63, 3.8) is 0 Å². The highest BCUT2D eigenvalue weighted by molar-refractivity contribution is 9.10. The Balaban J connectivity index is 1.86. The Morgan fingerprint density at radius 1 is 1.47 bits per heavy atom. The lowest BCUT2D eigenvalue weighted by molar-refractivity contribution is 0.196. The van der Waals surface area contributed by atoms with Gasteiger partial charge in [0.15, 0.2) is 0 Å². The normalized spacial score (nSPS) is 12.6. The van der Waals surface area contributed by atoms with Crippen molar-refractivity contribution in [1.29, 1.82) is 0 Å². The number of halogens is 1. The first kappa shape index (κ1) is 14.6. The number of rotatable bonds is 6. The SMILES string of the molecule is CCn1ccnc1CC(O)CSc1cccc(Br)c1. The van der Waals surface area contributed by atoms with E-state index in [9.17, 15) is 5.11 Å². The minimum absolute atomic E-state index is 0.378. The molecule has 2 rings (SSSR count). The van der Waals surface area contributed by atoms with E-state index in [1.807, 2.05) is 18.3 Å². The predicted molar refractivity (Wildman–Crippen MR) is 82.5 cm³/mol. The first-order valence-electron chi connectivity index (χ1n) is 6.25. The van der Waals surface area contributed by atoms with Crippen molar-refractivity contribution in [2.75, 3.05) is 5.75 Å². The average molecular weight is 341 g/mol. The van der Waals surface area contributed by atoms with E-state index in [0.29, 0.717) is 12.2 Å². The average Bonchev–Trinajstić information content (AvgIpc) is 2.84. The molecule has 1 unspecified atom stereocenters. The minimum Gasteiger partial charge on any atom is -0.392 e. The van der Waals surface area contributed by atoms with Gasteiger partial charge in [-0.15, -0.1) is 11.8 Å². The van der Waals surface area contributed by atoms with Crippen LogP contribution in [0.15, 0.2) is 46.0 Å². The molecule has 0 aliphatic rings. The quantitative estimate of drug-likeness (QED) is 0.819. The summed E-state index contributed by atoms with van der Waals surface area (Å²) in [5.74, 6) is 1.62. The van der Waals surface area contributed by atoms with Crippen LogP contribution in [0.25, 0.3) is 0 Å². The van der Waals surface area contributed by atoms with E-state index in [0.717, 1.165) is 21.7 Å². The molecule has 1 aromatic carbocycles. The fourth-order valence-corrected chi connectivity index (χ4v) is 3.28. The summed E-state index contributed by atoms with van der Waals surface area (Å²) >= 11 is 5.11. The molecule has 0 aliphatic carbocycles. The molecule has 19 heavy (non-hydrogen) atoms. The molecule has 1 atom stereocenters. The number of aliphatic hydroxyl groups is 1. The highest BCUT2D eigenvalue weighted by Gasteiger charge is 2.10. The van der Waals surface area contributed by atoms with Crippen LogP contribution in [0.3, 0.4) is 0 Å². The van der Waals surface area contributed by atoms with E-state index in [1.54, 1.807) is 18.0 Å². The number of aromatic nitrogens is 2. The van der Waals surface area contributed by atoms with Crippen molar-refractivity contribution in [3.05, 3.63) is 47.0 Å². The molecule has 0 fully saturated rings. The van der Waals surface area contributed by atoms with Gasteiger partial charge in [0.05, 0.1) is 6.10 Å². The van der Waals surface area contributed by atoms with E-state index in [-0.39, 0.29) is 6.10 Å². The van der Waals surface area contributed by atoms with Gasteiger partial charge >= 0.3 is 0 Å². The molecule has 0 amide bonds. The molecule has 0 saturated carbocycles. The van der Waals surface area contributed by atoms with Crippen LogP contribution in [0, 0.1) is 0 Å². The van der Waals surface area contributed by atoms with Gasteiger partial charge in [-0.3, -0.25) is 0 Å². The predicted octanol–water partition coefficient (Wildman–Crippen LogP) is 3.36. The van der Waals surface area contributed by atoms with Crippen molar-refractivity contribution in [3.8, 4) is 0 Å². The van der Waals surface area contributed by atoms with E-state index >= 15 is 0 Å². The van der Waals surface area contributed by atoms with Crippen molar-refractivity contribution in [2.24, 2.45) is 0 Å². The van der Waals surface area contributed by atoms with Gasteiger partial charge in [0, 0.05) is 40.5 Å². The molecule has 2 aromatic rings. The summed E-state index contributed by atoms with van der Waals surface area (Å²) in [6, 6.07) is 8.11. The number of aryl methyl sites for hydroxylation is 1. The molecule has 1 heterocycles. The zero-order valence-electron chi connectivity index (χ0n) is 10.8. The molecule has 0 saturated heterocycles. The number of hydrogen-bond donors (Lipinski definition) is 1. The van der Waals surface area contributed by atoms with E-state index < -0.39 is 0 Å². The molecule has 1 aromatic heterocycles. The Hall–Kier alpha value is -0.780. The van der Waals surface area contributed by atoms with Gasteiger partial charge in [0.1, 0.15) is 5.82 Å². The third-order valence-corrected chi connectivity index (χ3v) is 4.43. The Morgan fingerprint density at radius 2 is 2.32 bits per heavy atom. The summed E-state index contributed by atoms with van der Waals surface area (Å²) in [7, 11) is 0. The summed E-state index contributed by atoms with van der Waals surface area (Å²) in [6.45, 7) is 2.97. The summed E-state index contributed by atoms with van der Waals surface area (Å²) < 4.78 is 3.13. The summed E-state index contributed by atoms with van der Waals surface area (Å²) in [4.78, 5) is 5.44. The van der Waals surface area contributed by atoms with Crippen molar-refractivity contribution < 1.29 is 5.11 Å². The van der Waals surface area contributed by atoms with Gasteiger partial charge in [-0.2, -0.15) is 0 Å². The Kier molecular flexibility index (Phi) is 5.48. The highest BCUT2D eigenvalue weighted by Crippen LogP contribution is 2.23. The van der Waals surface area contributed by atoms with Crippen LogP contribution in [0.1, 0.15) is 12.7 Å². The molecule has 5 heteroatoms. The summed E-state index contributed by atoms with van der Waals surface area (Å²) in [5, 5.41) is 10.1. The zero-order chi connectivity index (χ0) is 13.7. The lowest BCUT2D eigenvalue weighted by Crippen LogP contribution is -2.16. The zero-order valence-corrected chi connectivity index (χ0v) is 13.2. The third-order valence-electron chi connectivity index (χ3n) is 2.80. The molecule has 102 valence electrons. The lowest BCUT2D eigenvalue weighted by Gasteiger charge is -2.11. The van der Waals surface area contributed by atoms with Gasteiger partial charge < -0.3 is 9.67 Å². The third kappa shape index (κ3) is 4.37. The van der Waals surface area contributed by atoms with E-state index in [2.05, 4.69) is 44.5 Å². The van der Waals surface area contributed by atoms with Crippen LogP contribution < -0.4 is 0 Å². The number of benzene rings is 1. The van der Waals surface area contributed by atoms with Gasteiger partial charge in [-0.05, 0) is 25.1 Å². The maximum absolute atomic E-state index is 10.1. The molecular weight excluding hydrogens is 324 g/mol. The van der Waals surface area contributed by atoms with Crippen molar-refractivity contribution in [2.45, 2.75) is 30.9 Å². The second kappa shape index (κ2) is 7.12. The van der Waals surface area contributed by atoms with Crippen LogP contribution in [-0.2, 0) is 13.0 Å². The van der Waals surface area contributed by atoms with Gasteiger partial charge in [0.2, 0.25) is 0 Å². The lowest BCUT2D eigenvalue weighted by atomic mass is 10.3. The highest BCUT2D eigenvalue weighted by atomic mass is 79.9. The molecule has 0 aliphatic heterocycles. The standard InChI is InChI=1S/C14H17BrN2OS/c1-2-17-7-6-16-14(17)9-12(18)10-19-13-5-3-4-11(15)8-13/h3-8,12,18H,2,9-10H2,1H3. The van der Waals surface area contributed by atoms with E-state index in [1.165, 1.54) is 0 Å². The maximum Gasteiger partial charge on any atom is 0.111 e. The van der Waals surface area contributed by atoms with Crippen LogP contribution in [0.2, 0.25) is 0 Å². The number of thioether (sulfide) groups is 1. The van der Waals surface area contributed by atoms with Gasteiger partial charge in [-0.1, -0.05) is 22.0 Å². The first-order valence-corrected chi connectivity index (χ1v) is 8.03. The number of aliphatic hydroxyl groups excluding tert-OH is 1. The molecule has 3 nitrogen and oxygen atoms in total.